The van der Waals surface area contributed by atoms with Crippen molar-refractivity contribution < 1.29 is 9.21 Å². The monoisotopic (exact) mass is 404 g/mol. The zero-order valence-corrected chi connectivity index (χ0v) is 16.7. The van der Waals surface area contributed by atoms with E-state index in [0.29, 0.717) is 37.1 Å². The van der Waals surface area contributed by atoms with Gasteiger partial charge in [-0.15, -0.1) is 0 Å². The van der Waals surface area contributed by atoms with E-state index in [9.17, 15) is 9.59 Å². The summed E-state index contributed by atoms with van der Waals surface area (Å²) >= 11 is 0. The molecule has 1 aromatic carbocycles. The molecule has 0 N–H and O–H groups in total. The highest BCUT2D eigenvalue weighted by Gasteiger charge is 2.26. The van der Waals surface area contributed by atoms with Crippen LogP contribution in [0.4, 0.5) is 5.82 Å². The Balaban J connectivity index is 1.36. The maximum atomic E-state index is 13.0. The molecule has 9 nitrogen and oxygen atoms in total. The van der Waals surface area contributed by atoms with Gasteiger partial charge in [-0.1, -0.05) is 11.6 Å². The fourth-order valence-electron chi connectivity index (χ4n) is 3.85. The predicted molar refractivity (Wildman–Crippen MR) is 112 cm³/mol. The number of hydrogen-bond acceptors (Lipinski definition) is 7. The van der Waals surface area contributed by atoms with Gasteiger partial charge in [0.1, 0.15) is 17.7 Å². The quantitative estimate of drug-likeness (QED) is 0.502. The lowest BCUT2D eigenvalue weighted by atomic mass is 10.1. The number of hydrogen-bond donors (Lipinski definition) is 0. The van der Waals surface area contributed by atoms with Crippen molar-refractivity contribution in [3.63, 3.8) is 0 Å². The molecule has 0 radical (unpaired) electrons. The Morgan fingerprint density at radius 3 is 2.67 bits per heavy atom. The molecule has 0 unspecified atom stereocenters. The van der Waals surface area contributed by atoms with Crippen LogP contribution < -0.4 is 10.3 Å². The predicted octanol–water partition coefficient (Wildman–Crippen LogP) is 1.74. The summed E-state index contributed by atoms with van der Waals surface area (Å²) in [5.41, 5.74) is 1.96. The van der Waals surface area contributed by atoms with Gasteiger partial charge in [-0.2, -0.15) is 5.10 Å². The van der Waals surface area contributed by atoms with E-state index in [2.05, 4.69) is 20.0 Å². The average molecular weight is 404 g/mol. The number of rotatable bonds is 2. The summed E-state index contributed by atoms with van der Waals surface area (Å²) < 4.78 is 7.46. The maximum Gasteiger partial charge on any atom is 0.289 e. The van der Waals surface area contributed by atoms with Gasteiger partial charge in [-0.25, -0.2) is 9.97 Å². The second kappa shape index (κ2) is 6.94. The van der Waals surface area contributed by atoms with Crippen LogP contribution in [0.25, 0.3) is 22.0 Å². The van der Waals surface area contributed by atoms with Crippen LogP contribution in [0.15, 0.2) is 46.0 Å². The number of anilines is 1. The number of nitrogens with zero attached hydrogens (tertiary/aromatic N) is 6. The topological polar surface area (TPSA) is 97.4 Å². The first kappa shape index (κ1) is 18.3. The van der Waals surface area contributed by atoms with Crippen LogP contribution in [0.3, 0.4) is 0 Å². The smallest absolute Gasteiger partial charge is 0.289 e. The lowest BCUT2D eigenvalue weighted by Gasteiger charge is -2.35. The molecule has 30 heavy (non-hydrogen) atoms. The van der Waals surface area contributed by atoms with Crippen LogP contribution in [0.2, 0.25) is 0 Å². The molecule has 0 spiro atoms. The second-order valence-corrected chi connectivity index (χ2v) is 7.46. The van der Waals surface area contributed by atoms with Gasteiger partial charge >= 0.3 is 0 Å². The van der Waals surface area contributed by atoms with Crippen molar-refractivity contribution in [1.82, 2.24) is 24.6 Å². The lowest BCUT2D eigenvalue weighted by Crippen LogP contribution is -2.49. The molecule has 1 fully saturated rings. The second-order valence-electron chi connectivity index (χ2n) is 7.46. The molecule has 152 valence electrons. The van der Waals surface area contributed by atoms with Crippen molar-refractivity contribution in [2.45, 2.75) is 6.92 Å². The molecule has 4 aromatic rings. The molecule has 1 aliphatic rings. The van der Waals surface area contributed by atoms with Gasteiger partial charge in [-0.05, 0) is 19.1 Å². The van der Waals surface area contributed by atoms with E-state index in [0.717, 1.165) is 22.4 Å². The van der Waals surface area contributed by atoms with Gasteiger partial charge in [0.25, 0.3) is 5.91 Å². The first-order valence-corrected chi connectivity index (χ1v) is 9.73. The lowest BCUT2D eigenvalue weighted by molar-refractivity contribution is 0.0715. The van der Waals surface area contributed by atoms with Crippen LogP contribution >= 0.6 is 0 Å². The van der Waals surface area contributed by atoms with Gasteiger partial charge in [-0.3, -0.25) is 14.3 Å². The van der Waals surface area contributed by atoms with Crippen molar-refractivity contribution in [2.24, 2.45) is 7.05 Å². The van der Waals surface area contributed by atoms with Gasteiger partial charge in [0.2, 0.25) is 0 Å². The highest BCUT2D eigenvalue weighted by atomic mass is 16.3. The van der Waals surface area contributed by atoms with E-state index in [1.54, 1.807) is 27.9 Å². The maximum absolute atomic E-state index is 13.0. The Kier molecular flexibility index (Phi) is 4.23. The number of carbonyl (C=O) groups is 1. The molecule has 1 amide bonds. The standard InChI is InChI=1S/C21H20N6O3/c1-13-3-4-17-14(9-13)16(28)10-18(30-17)21(29)27-7-5-26(6-8-27)20-15-11-24-25(2)19(15)22-12-23-20/h3-4,9-12H,5-8H2,1-2H3. The Hall–Kier alpha value is -3.75. The third-order valence-electron chi connectivity index (χ3n) is 5.47. The van der Waals surface area contributed by atoms with E-state index in [1.807, 2.05) is 20.0 Å². The van der Waals surface area contributed by atoms with Crippen LogP contribution in [0.1, 0.15) is 16.1 Å². The fourth-order valence-corrected chi connectivity index (χ4v) is 3.85. The molecule has 4 heterocycles. The van der Waals surface area contributed by atoms with Gasteiger partial charge in [0, 0.05) is 39.3 Å². The molecule has 0 bridgehead atoms. The highest BCUT2D eigenvalue weighted by molar-refractivity contribution is 5.93. The fraction of sp³-hybridized carbons (Fsp3) is 0.286. The Morgan fingerprint density at radius 1 is 1.07 bits per heavy atom. The van der Waals surface area contributed by atoms with Crippen molar-refractivity contribution in [2.75, 3.05) is 31.1 Å². The van der Waals surface area contributed by atoms with Crippen molar-refractivity contribution in [3.05, 3.63) is 58.3 Å². The largest absolute Gasteiger partial charge is 0.451 e. The Bertz CT molecular complexity index is 1330. The third kappa shape index (κ3) is 2.99. The number of aryl methyl sites for hydroxylation is 2. The third-order valence-corrected chi connectivity index (χ3v) is 5.47. The number of aromatic nitrogens is 4. The molecule has 9 heteroatoms. The zero-order chi connectivity index (χ0) is 20.8. The summed E-state index contributed by atoms with van der Waals surface area (Å²) in [6.45, 7) is 4.14. The van der Waals surface area contributed by atoms with Gasteiger partial charge < -0.3 is 14.2 Å². The van der Waals surface area contributed by atoms with Gasteiger partial charge in [0.05, 0.1) is 17.0 Å². The van der Waals surface area contributed by atoms with E-state index < -0.39 is 0 Å². The number of benzene rings is 1. The average Bonchev–Trinajstić information content (AvgIpc) is 3.15. The molecular formula is C21H20N6O3. The zero-order valence-electron chi connectivity index (χ0n) is 16.7. The van der Waals surface area contributed by atoms with E-state index in [-0.39, 0.29) is 17.1 Å². The summed E-state index contributed by atoms with van der Waals surface area (Å²) in [7, 11) is 1.84. The summed E-state index contributed by atoms with van der Waals surface area (Å²) in [6, 6.07) is 6.66. The Labute approximate surface area is 171 Å². The van der Waals surface area contributed by atoms with Crippen molar-refractivity contribution in [3.8, 4) is 0 Å². The molecule has 3 aromatic heterocycles. The van der Waals surface area contributed by atoms with Crippen molar-refractivity contribution in [1.29, 1.82) is 0 Å². The molecule has 5 rings (SSSR count). The SMILES string of the molecule is Cc1ccc2oc(C(=O)N3CCN(c4ncnc5c4cnn5C)CC3)cc(=O)c2c1. The molecule has 1 aliphatic heterocycles. The summed E-state index contributed by atoms with van der Waals surface area (Å²) in [4.78, 5) is 37.9. The molecule has 0 saturated carbocycles. The van der Waals surface area contributed by atoms with Crippen LogP contribution in [0, 0.1) is 6.92 Å². The van der Waals surface area contributed by atoms with Crippen LogP contribution in [0.5, 0.6) is 0 Å². The first-order chi connectivity index (χ1) is 14.5. The first-order valence-electron chi connectivity index (χ1n) is 9.73. The molecular weight excluding hydrogens is 384 g/mol. The van der Waals surface area contributed by atoms with Crippen LogP contribution in [-0.4, -0.2) is 56.7 Å². The van der Waals surface area contributed by atoms with Gasteiger partial charge in [0.15, 0.2) is 16.8 Å². The van der Waals surface area contributed by atoms with Crippen molar-refractivity contribution >= 4 is 33.7 Å². The normalized spacial score (nSPS) is 14.6. The van der Waals surface area contributed by atoms with E-state index in [1.165, 1.54) is 12.4 Å². The van der Waals surface area contributed by atoms with Crippen LogP contribution in [-0.2, 0) is 7.05 Å². The summed E-state index contributed by atoms with van der Waals surface area (Å²) in [5, 5.41) is 5.63. The number of carbonyl (C=O) groups excluding carboxylic acids is 1. The highest BCUT2D eigenvalue weighted by Crippen LogP contribution is 2.24. The minimum absolute atomic E-state index is 0.0708. The number of fused-ring (bicyclic) bond motifs is 2. The number of piperazine rings is 1. The molecule has 0 atom stereocenters. The molecule has 1 saturated heterocycles. The molecule has 0 aliphatic carbocycles. The summed E-state index contributed by atoms with van der Waals surface area (Å²) in [5.74, 6) is 0.609. The Morgan fingerprint density at radius 2 is 1.87 bits per heavy atom. The summed E-state index contributed by atoms with van der Waals surface area (Å²) in [6.07, 6.45) is 3.29. The van der Waals surface area contributed by atoms with E-state index >= 15 is 0 Å². The number of amides is 1. The minimum atomic E-state index is -0.275. The minimum Gasteiger partial charge on any atom is -0.451 e. The van der Waals surface area contributed by atoms with E-state index in [4.69, 9.17) is 4.42 Å².